The fraction of sp³-hybridized carbons (Fsp3) is 0.500. The summed E-state index contributed by atoms with van der Waals surface area (Å²) in [5.74, 6) is 1.21. The lowest BCUT2D eigenvalue weighted by Crippen LogP contribution is -2.06. The monoisotopic (exact) mass is 182 g/mol. The lowest BCUT2D eigenvalue weighted by atomic mass is 10.2. The summed E-state index contributed by atoms with van der Waals surface area (Å²) >= 11 is 0. The van der Waals surface area contributed by atoms with Crippen molar-refractivity contribution in [3.05, 3.63) is 23.2 Å². The zero-order valence-corrected chi connectivity index (χ0v) is 8.22. The summed E-state index contributed by atoms with van der Waals surface area (Å²) < 4.78 is 10.2. The van der Waals surface area contributed by atoms with Gasteiger partial charge < -0.3 is 9.47 Å². The van der Waals surface area contributed by atoms with Gasteiger partial charge in [-0.05, 0) is 26.8 Å². The maximum absolute atomic E-state index is 11.3. The molecule has 0 saturated heterocycles. The van der Waals surface area contributed by atoms with Gasteiger partial charge in [0.2, 0.25) is 0 Å². The molecule has 1 heterocycles. The van der Waals surface area contributed by atoms with Gasteiger partial charge in [0.05, 0.1) is 12.2 Å². The molecule has 0 fully saturated rings. The molecule has 0 bridgehead atoms. The van der Waals surface area contributed by atoms with Crippen molar-refractivity contribution in [1.29, 1.82) is 0 Å². The zero-order chi connectivity index (χ0) is 9.84. The van der Waals surface area contributed by atoms with Crippen molar-refractivity contribution in [2.75, 3.05) is 6.61 Å². The highest BCUT2D eigenvalue weighted by atomic mass is 16.5. The van der Waals surface area contributed by atoms with E-state index in [1.54, 1.807) is 13.8 Å². The molecule has 1 rings (SSSR count). The Balaban J connectivity index is 2.71. The van der Waals surface area contributed by atoms with Gasteiger partial charge in [0.1, 0.15) is 11.5 Å². The molecule has 0 amide bonds. The summed E-state index contributed by atoms with van der Waals surface area (Å²) in [6.45, 7) is 5.86. The molecule has 0 atom stereocenters. The van der Waals surface area contributed by atoms with Crippen LogP contribution in [0.5, 0.6) is 0 Å². The van der Waals surface area contributed by atoms with E-state index in [0.717, 1.165) is 5.76 Å². The molecule has 0 aromatic heterocycles. The van der Waals surface area contributed by atoms with Crippen molar-refractivity contribution < 1.29 is 14.3 Å². The number of esters is 1. The number of ether oxygens (including phenoxy) is 2. The fourth-order valence-corrected chi connectivity index (χ4v) is 1.19. The first-order valence-electron chi connectivity index (χ1n) is 4.39. The normalized spacial score (nSPS) is 19.2. The highest BCUT2D eigenvalue weighted by Gasteiger charge is 2.23. The van der Waals surface area contributed by atoms with Crippen molar-refractivity contribution in [1.82, 2.24) is 0 Å². The SMILES string of the molecule is C/C=C1/CC(C(=O)OCC)=C(C)O1. The minimum Gasteiger partial charge on any atom is -0.466 e. The van der Waals surface area contributed by atoms with Gasteiger partial charge in [-0.3, -0.25) is 0 Å². The summed E-state index contributed by atoms with van der Waals surface area (Å²) in [5, 5.41) is 0. The second-order valence-corrected chi connectivity index (χ2v) is 2.79. The van der Waals surface area contributed by atoms with Gasteiger partial charge in [0, 0.05) is 6.42 Å². The van der Waals surface area contributed by atoms with E-state index in [9.17, 15) is 4.79 Å². The number of carbonyl (C=O) groups excluding carboxylic acids is 1. The number of allylic oxidation sites excluding steroid dienone is 3. The van der Waals surface area contributed by atoms with E-state index in [-0.39, 0.29) is 5.97 Å². The molecule has 0 unspecified atom stereocenters. The van der Waals surface area contributed by atoms with E-state index < -0.39 is 0 Å². The van der Waals surface area contributed by atoms with E-state index in [1.807, 2.05) is 13.0 Å². The number of carbonyl (C=O) groups is 1. The van der Waals surface area contributed by atoms with Crippen molar-refractivity contribution in [3.63, 3.8) is 0 Å². The minimum absolute atomic E-state index is 0.267. The number of hydrogen-bond donors (Lipinski definition) is 0. The maximum atomic E-state index is 11.3. The summed E-state index contributed by atoms with van der Waals surface area (Å²) in [7, 11) is 0. The van der Waals surface area contributed by atoms with Gasteiger partial charge in [-0.2, -0.15) is 0 Å². The Hall–Kier alpha value is -1.25. The maximum Gasteiger partial charge on any atom is 0.337 e. The van der Waals surface area contributed by atoms with Crippen LogP contribution in [0, 0.1) is 0 Å². The molecule has 0 N–H and O–H groups in total. The molecule has 1 aliphatic rings. The van der Waals surface area contributed by atoms with Crippen LogP contribution in [0.2, 0.25) is 0 Å². The lowest BCUT2D eigenvalue weighted by Gasteiger charge is -2.00. The van der Waals surface area contributed by atoms with E-state index in [1.165, 1.54) is 0 Å². The molecule has 0 spiro atoms. The molecule has 3 nitrogen and oxygen atoms in total. The molecule has 72 valence electrons. The Kier molecular flexibility index (Phi) is 3.12. The molecule has 13 heavy (non-hydrogen) atoms. The van der Waals surface area contributed by atoms with Crippen LogP contribution in [0.15, 0.2) is 23.2 Å². The molecule has 0 saturated carbocycles. The zero-order valence-electron chi connectivity index (χ0n) is 8.22. The van der Waals surface area contributed by atoms with Gasteiger partial charge in [0.25, 0.3) is 0 Å². The Morgan fingerprint density at radius 2 is 2.38 bits per heavy atom. The van der Waals surface area contributed by atoms with Gasteiger partial charge in [0.15, 0.2) is 0 Å². The van der Waals surface area contributed by atoms with Crippen molar-refractivity contribution in [2.24, 2.45) is 0 Å². The minimum atomic E-state index is -0.267. The standard InChI is InChI=1S/C10H14O3/c1-4-8-6-9(7(3)13-8)10(11)12-5-2/h4H,5-6H2,1-3H3/b8-4-. The Morgan fingerprint density at radius 3 is 2.85 bits per heavy atom. The molecule has 0 radical (unpaired) electrons. The van der Waals surface area contributed by atoms with Gasteiger partial charge in [-0.25, -0.2) is 4.79 Å². The van der Waals surface area contributed by atoms with Crippen LogP contribution in [0.25, 0.3) is 0 Å². The third kappa shape index (κ3) is 2.11. The van der Waals surface area contributed by atoms with E-state index in [0.29, 0.717) is 24.4 Å². The first kappa shape index (κ1) is 9.84. The largest absolute Gasteiger partial charge is 0.466 e. The smallest absolute Gasteiger partial charge is 0.337 e. The van der Waals surface area contributed by atoms with Crippen LogP contribution < -0.4 is 0 Å². The van der Waals surface area contributed by atoms with Crippen LogP contribution in [0.3, 0.4) is 0 Å². The average molecular weight is 182 g/mol. The summed E-state index contributed by atoms with van der Waals surface area (Å²) in [6, 6.07) is 0. The average Bonchev–Trinajstić information content (AvgIpc) is 2.47. The topological polar surface area (TPSA) is 35.5 Å². The highest BCUT2D eigenvalue weighted by Crippen LogP contribution is 2.28. The van der Waals surface area contributed by atoms with Gasteiger partial charge in [-0.1, -0.05) is 0 Å². The third-order valence-corrected chi connectivity index (χ3v) is 1.90. The second kappa shape index (κ2) is 4.12. The molecule has 0 aliphatic carbocycles. The Labute approximate surface area is 78.0 Å². The lowest BCUT2D eigenvalue weighted by molar-refractivity contribution is -0.138. The first-order chi connectivity index (χ1) is 6.19. The fourth-order valence-electron chi connectivity index (χ4n) is 1.19. The van der Waals surface area contributed by atoms with Crippen molar-refractivity contribution >= 4 is 5.97 Å². The number of rotatable bonds is 2. The summed E-state index contributed by atoms with van der Waals surface area (Å²) in [5.41, 5.74) is 0.634. The first-order valence-corrected chi connectivity index (χ1v) is 4.39. The molecule has 0 aromatic rings. The van der Waals surface area contributed by atoms with Crippen LogP contribution in [0.4, 0.5) is 0 Å². The van der Waals surface area contributed by atoms with Crippen LogP contribution in [-0.4, -0.2) is 12.6 Å². The molecule has 1 aliphatic heterocycles. The summed E-state index contributed by atoms with van der Waals surface area (Å²) in [6.07, 6.45) is 2.41. The Bertz CT molecular complexity index is 274. The third-order valence-electron chi connectivity index (χ3n) is 1.90. The van der Waals surface area contributed by atoms with E-state index >= 15 is 0 Å². The number of hydrogen-bond acceptors (Lipinski definition) is 3. The molecule has 0 aromatic carbocycles. The van der Waals surface area contributed by atoms with Crippen LogP contribution in [0.1, 0.15) is 27.2 Å². The van der Waals surface area contributed by atoms with Crippen molar-refractivity contribution in [2.45, 2.75) is 27.2 Å². The Morgan fingerprint density at radius 1 is 1.69 bits per heavy atom. The molecular weight excluding hydrogens is 168 g/mol. The highest BCUT2D eigenvalue weighted by molar-refractivity contribution is 5.90. The van der Waals surface area contributed by atoms with Gasteiger partial charge in [-0.15, -0.1) is 0 Å². The molecular formula is C10H14O3. The predicted molar refractivity (Wildman–Crippen MR) is 48.8 cm³/mol. The second-order valence-electron chi connectivity index (χ2n) is 2.79. The predicted octanol–water partition coefficient (Wildman–Crippen LogP) is 2.15. The van der Waals surface area contributed by atoms with E-state index in [2.05, 4.69) is 0 Å². The van der Waals surface area contributed by atoms with E-state index in [4.69, 9.17) is 9.47 Å². The van der Waals surface area contributed by atoms with Crippen LogP contribution in [-0.2, 0) is 14.3 Å². The van der Waals surface area contributed by atoms with Crippen molar-refractivity contribution in [3.8, 4) is 0 Å². The summed E-state index contributed by atoms with van der Waals surface area (Å²) in [4.78, 5) is 11.3. The van der Waals surface area contributed by atoms with Gasteiger partial charge >= 0.3 is 5.97 Å². The van der Waals surface area contributed by atoms with Crippen LogP contribution >= 0.6 is 0 Å². The quantitative estimate of drug-likeness (QED) is 0.614. The molecule has 3 heteroatoms.